The summed E-state index contributed by atoms with van der Waals surface area (Å²) in [5.74, 6) is -1.12. The van der Waals surface area contributed by atoms with Crippen molar-refractivity contribution in [1.82, 2.24) is 5.32 Å². The summed E-state index contributed by atoms with van der Waals surface area (Å²) < 4.78 is 0. The van der Waals surface area contributed by atoms with Crippen molar-refractivity contribution in [3.63, 3.8) is 0 Å². The number of amides is 2. The summed E-state index contributed by atoms with van der Waals surface area (Å²) in [4.78, 5) is 22.6. The van der Waals surface area contributed by atoms with E-state index >= 15 is 0 Å². The smallest absolute Gasteiger partial charge is 0.337 e. The van der Waals surface area contributed by atoms with Gasteiger partial charge in [-0.25, -0.2) is 9.59 Å². The van der Waals surface area contributed by atoms with Crippen LogP contribution in [-0.4, -0.2) is 23.1 Å². The summed E-state index contributed by atoms with van der Waals surface area (Å²) in [7, 11) is 0. The summed E-state index contributed by atoms with van der Waals surface area (Å²) >= 11 is 0. The molecule has 0 aromatic heterocycles. The van der Waals surface area contributed by atoms with E-state index in [2.05, 4.69) is 10.6 Å². The van der Waals surface area contributed by atoms with Crippen LogP contribution in [0.3, 0.4) is 0 Å². The first kappa shape index (κ1) is 12.2. The minimum absolute atomic E-state index is 0.0150. The van der Waals surface area contributed by atoms with Crippen molar-refractivity contribution in [3.05, 3.63) is 23.8 Å². The zero-order valence-corrected chi connectivity index (χ0v) is 9.77. The lowest BCUT2D eigenvalue weighted by Crippen LogP contribution is -2.42. The monoisotopic (exact) mass is 249 g/mol. The fourth-order valence-electron chi connectivity index (χ4n) is 1.74. The van der Waals surface area contributed by atoms with Crippen LogP contribution in [0.2, 0.25) is 0 Å². The number of nitrogens with two attached hydrogens (primary N) is 1. The average molecular weight is 249 g/mol. The third-order valence-corrected chi connectivity index (χ3v) is 2.96. The third-order valence-electron chi connectivity index (χ3n) is 2.96. The number of rotatable bonds is 3. The first-order valence-corrected chi connectivity index (χ1v) is 5.76. The molecular weight excluding hydrogens is 234 g/mol. The molecule has 0 radical (unpaired) electrons. The number of nitrogens with one attached hydrogen (secondary N) is 2. The highest BCUT2D eigenvalue weighted by molar-refractivity contribution is 6.00. The lowest BCUT2D eigenvalue weighted by molar-refractivity contribution is 0.0698. The van der Waals surface area contributed by atoms with E-state index in [0.29, 0.717) is 5.69 Å². The summed E-state index contributed by atoms with van der Waals surface area (Å²) in [5, 5.41) is 14.3. The van der Waals surface area contributed by atoms with Crippen LogP contribution in [0.15, 0.2) is 18.2 Å². The number of aromatic carboxylic acids is 1. The normalized spacial score (nSPS) is 14.7. The van der Waals surface area contributed by atoms with Crippen molar-refractivity contribution in [2.45, 2.75) is 25.3 Å². The molecule has 1 aliphatic rings. The van der Waals surface area contributed by atoms with Gasteiger partial charge in [-0.1, -0.05) is 0 Å². The second kappa shape index (κ2) is 4.95. The van der Waals surface area contributed by atoms with Crippen molar-refractivity contribution in [2.75, 3.05) is 11.1 Å². The Kier molecular flexibility index (Phi) is 3.36. The molecule has 1 saturated carbocycles. The van der Waals surface area contributed by atoms with Gasteiger partial charge in [0.2, 0.25) is 0 Å². The number of carboxylic acid groups (broad SMARTS) is 1. The Morgan fingerprint density at radius 3 is 2.61 bits per heavy atom. The van der Waals surface area contributed by atoms with E-state index in [-0.39, 0.29) is 23.3 Å². The Bertz CT molecular complexity index is 483. The van der Waals surface area contributed by atoms with Gasteiger partial charge in [-0.05, 0) is 37.5 Å². The third kappa shape index (κ3) is 2.71. The number of hydrogen-bond donors (Lipinski definition) is 4. The van der Waals surface area contributed by atoms with E-state index in [1.807, 2.05) is 0 Å². The fourth-order valence-corrected chi connectivity index (χ4v) is 1.74. The Morgan fingerprint density at radius 1 is 1.33 bits per heavy atom. The van der Waals surface area contributed by atoms with E-state index < -0.39 is 5.97 Å². The number of benzene rings is 1. The maximum Gasteiger partial charge on any atom is 0.337 e. The van der Waals surface area contributed by atoms with E-state index in [1.165, 1.54) is 12.1 Å². The lowest BCUT2D eigenvalue weighted by Gasteiger charge is -2.26. The molecule has 0 atom stereocenters. The predicted molar refractivity (Wildman–Crippen MR) is 67.6 cm³/mol. The van der Waals surface area contributed by atoms with Crippen molar-refractivity contribution >= 4 is 23.4 Å². The van der Waals surface area contributed by atoms with Crippen LogP contribution in [0, 0.1) is 0 Å². The number of nitrogen functional groups attached to an aromatic ring is 1. The molecule has 5 N–H and O–H groups in total. The van der Waals surface area contributed by atoms with Crippen LogP contribution in [0.25, 0.3) is 0 Å². The molecule has 0 aliphatic heterocycles. The Balaban J connectivity index is 2.07. The van der Waals surface area contributed by atoms with Gasteiger partial charge in [0.15, 0.2) is 0 Å². The minimum atomic E-state index is -1.12. The highest BCUT2D eigenvalue weighted by atomic mass is 16.4. The van der Waals surface area contributed by atoms with Gasteiger partial charge in [-0.3, -0.25) is 0 Å². The zero-order chi connectivity index (χ0) is 13.1. The first-order valence-electron chi connectivity index (χ1n) is 5.76. The van der Waals surface area contributed by atoms with Crippen LogP contribution >= 0.6 is 0 Å². The van der Waals surface area contributed by atoms with Crippen molar-refractivity contribution in [1.29, 1.82) is 0 Å². The van der Waals surface area contributed by atoms with Crippen molar-refractivity contribution in [2.24, 2.45) is 0 Å². The van der Waals surface area contributed by atoms with Gasteiger partial charge >= 0.3 is 12.0 Å². The molecule has 1 aromatic carbocycles. The van der Waals surface area contributed by atoms with Crippen LogP contribution in [0.1, 0.15) is 29.6 Å². The van der Waals surface area contributed by atoms with Gasteiger partial charge in [0, 0.05) is 11.7 Å². The van der Waals surface area contributed by atoms with E-state index in [9.17, 15) is 9.59 Å². The number of carboxylic acids is 1. The molecule has 96 valence electrons. The first-order chi connectivity index (χ1) is 8.56. The Labute approximate surface area is 104 Å². The zero-order valence-electron chi connectivity index (χ0n) is 9.77. The highest BCUT2D eigenvalue weighted by Gasteiger charge is 2.20. The van der Waals surface area contributed by atoms with E-state index in [1.54, 1.807) is 6.07 Å². The second-order valence-electron chi connectivity index (χ2n) is 4.34. The van der Waals surface area contributed by atoms with Crippen LogP contribution in [0.4, 0.5) is 16.2 Å². The van der Waals surface area contributed by atoms with Crippen molar-refractivity contribution in [3.8, 4) is 0 Å². The SMILES string of the molecule is Nc1ccc(NC(=O)NC2CCC2)c(C(=O)O)c1. The van der Waals surface area contributed by atoms with Gasteiger partial charge in [0.25, 0.3) is 0 Å². The second-order valence-corrected chi connectivity index (χ2v) is 4.34. The number of carbonyl (C=O) groups excluding carboxylic acids is 1. The van der Waals surface area contributed by atoms with Crippen LogP contribution < -0.4 is 16.4 Å². The topological polar surface area (TPSA) is 104 Å². The predicted octanol–water partition coefficient (Wildman–Crippen LogP) is 1.64. The van der Waals surface area contributed by atoms with E-state index in [4.69, 9.17) is 10.8 Å². The largest absolute Gasteiger partial charge is 0.478 e. The highest BCUT2D eigenvalue weighted by Crippen LogP contribution is 2.20. The molecule has 1 fully saturated rings. The molecular formula is C12H15N3O3. The molecule has 2 rings (SSSR count). The molecule has 0 saturated heterocycles. The van der Waals surface area contributed by atoms with E-state index in [0.717, 1.165) is 19.3 Å². The quantitative estimate of drug-likeness (QED) is 0.611. The summed E-state index contributed by atoms with van der Waals surface area (Å²) in [6, 6.07) is 4.17. The van der Waals surface area contributed by atoms with Gasteiger partial charge in [0.1, 0.15) is 0 Å². The maximum absolute atomic E-state index is 11.6. The van der Waals surface area contributed by atoms with Crippen molar-refractivity contribution < 1.29 is 14.7 Å². The molecule has 6 nitrogen and oxygen atoms in total. The maximum atomic E-state index is 11.6. The van der Waals surface area contributed by atoms with Gasteiger partial charge < -0.3 is 21.5 Å². The molecule has 6 heteroatoms. The minimum Gasteiger partial charge on any atom is -0.478 e. The van der Waals surface area contributed by atoms with Gasteiger partial charge in [-0.15, -0.1) is 0 Å². The molecule has 18 heavy (non-hydrogen) atoms. The number of urea groups is 1. The molecule has 0 bridgehead atoms. The number of hydrogen-bond acceptors (Lipinski definition) is 3. The molecule has 0 unspecified atom stereocenters. The van der Waals surface area contributed by atoms with Gasteiger partial charge in [0.05, 0.1) is 11.3 Å². The fraction of sp³-hybridized carbons (Fsp3) is 0.333. The standard InChI is InChI=1S/C12H15N3O3/c13-7-4-5-10(9(6-7)11(16)17)15-12(18)14-8-2-1-3-8/h4-6,8H,1-3,13H2,(H,16,17)(H2,14,15,18). The summed E-state index contributed by atoms with van der Waals surface area (Å²) in [6.07, 6.45) is 3.06. The Morgan fingerprint density at radius 2 is 2.06 bits per heavy atom. The summed E-state index contributed by atoms with van der Waals surface area (Å²) in [5.41, 5.74) is 6.09. The van der Waals surface area contributed by atoms with Crippen LogP contribution in [0.5, 0.6) is 0 Å². The number of carbonyl (C=O) groups is 2. The summed E-state index contributed by atoms with van der Waals surface area (Å²) in [6.45, 7) is 0. The number of anilines is 2. The average Bonchev–Trinajstić information content (AvgIpc) is 2.26. The molecule has 1 aromatic rings. The van der Waals surface area contributed by atoms with Crippen LogP contribution in [-0.2, 0) is 0 Å². The molecule has 1 aliphatic carbocycles. The Hall–Kier alpha value is -2.24. The van der Waals surface area contributed by atoms with Gasteiger partial charge in [-0.2, -0.15) is 0 Å². The molecule has 0 spiro atoms. The molecule has 0 heterocycles. The lowest BCUT2D eigenvalue weighted by atomic mass is 9.93. The molecule has 2 amide bonds.